The van der Waals surface area contributed by atoms with Gasteiger partial charge in [-0.05, 0) is 25.0 Å². The van der Waals surface area contributed by atoms with Crippen molar-refractivity contribution < 1.29 is 4.79 Å². The number of nitrogens with one attached hydrogen (secondary N) is 1. The number of pyridine rings is 1. The lowest BCUT2D eigenvalue weighted by Gasteiger charge is -2.31. The van der Waals surface area contributed by atoms with Gasteiger partial charge in [-0.15, -0.1) is 0 Å². The summed E-state index contributed by atoms with van der Waals surface area (Å²) in [7, 11) is 1.66. The Kier molecular flexibility index (Phi) is 4.36. The first kappa shape index (κ1) is 15.2. The van der Waals surface area contributed by atoms with Crippen LogP contribution in [0.4, 0.5) is 11.6 Å². The van der Waals surface area contributed by atoms with E-state index in [1.807, 2.05) is 4.90 Å². The summed E-state index contributed by atoms with van der Waals surface area (Å²) in [6.45, 7) is 1.45. The number of carbonyl (C=O) groups is 1. The number of anilines is 2. The summed E-state index contributed by atoms with van der Waals surface area (Å²) in [6, 6.07) is 4.85. The molecule has 1 fully saturated rings. The molecule has 7 nitrogen and oxygen atoms in total. The van der Waals surface area contributed by atoms with Crippen LogP contribution in [0.5, 0.6) is 0 Å². The second kappa shape index (κ2) is 6.60. The number of piperidine rings is 1. The van der Waals surface area contributed by atoms with Gasteiger partial charge in [0.15, 0.2) is 0 Å². The molecule has 0 aromatic carbocycles. The van der Waals surface area contributed by atoms with E-state index in [4.69, 9.17) is 0 Å². The van der Waals surface area contributed by atoms with Crippen LogP contribution in [0.1, 0.15) is 12.8 Å². The summed E-state index contributed by atoms with van der Waals surface area (Å²) in [5.41, 5.74) is 0.526. The Morgan fingerprint density at radius 2 is 2.09 bits per heavy atom. The van der Waals surface area contributed by atoms with E-state index in [2.05, 4.69) is 15.3 Å². The zero-order valence-electron chi connectivity index (χ0n) is 13.0. The van der Waals surface area contributed by atoms with Crippen molar-refractivity contribution in [3.8, 4) is 0 Å². The first-order valence-corrected chi connectivity index (χ1v) is 7.63. The van der Waals surface area contributed by atoms with Crippen molar-refractivity contribution in [2.24, 2.45) is 13.0 Å². The van der Waals surface area contributed by atoms with Gasteiger partial charge in [-0.2, -0.15) is 0 Å². The lowest BCUT2D eigenvalue weighted by molar-refractivity contribution is -0.120. The van der Waals surface area contributed by atoms with Gasteiger partial charge in [-0.3, -0.25) is 9.59 Å². The molecule has 1 saturated heterocycles. The van der Waals surface area contributed by atoms with Crippen molar-refractivity contribution in [1.29, 1.82) is 0 Å². The molecule has 0 aliphatic carbocycles. The molecular formula is C16H19N5O2. The summed E-state index contributed by atoms with van der Waals surface area (Å²) in [5, 5.41) is 2.89. The van der Waals surface area contributed by atoms with Gasteiger partial charge in [-0.25, -0.2) is 9.97 Å². The number of rotatable bonds is 3. The molecule has 3 rings (SSSR count). The molecule has 1 atom stereocenters. The summed E-state index contributed by atoms with van der Waals surface area (Å²) >= 11 is 0. The highest BCUT2D eigenvalue weighted by molar-refractivity contribution is 5.92. The molecule has 3 heterocycles. The fourth-order valence-electron chi connectivity index (χ4n) is 2.74. The van der Waals surface area contributed by atoms with Crippen LogP contribution in [-0.2, 0) is 11.8 Å². The molecule has 0 radical (unpaired) electrons. The highest BCUT2D eigenvalue weighted by Crippen LogP contribution is 2.21. The topological polar surface area (TPSA) is 80.1 Å². The molecule has 1 aliphatic rings. The maximum Gasteiger partial charge on any atom is 0.250 e. The van der Waals surface area contributed by atoms with Gasteiger partial charge in [-0.1, -0.05) is 0 Å². The maximum atomic E-state index is 12.5. The van der Waals surface area contributed by atoms with Crippen molar-refractivity contribution in [2.45, 2.75) is 12.8 Å². The minimum Gasteiger partial charge on any atom is -0.340 e. The van der Waals surface area contributed by atoms with Crippen LogP contribution in [0.25, 0.3) is 0 Å². The van der Waals surface area contributed by atoms with Crippen LogP contribution >= 0.6 is 0 Å². The third-order valence-electron chi connectivity index (χ3n) is 3.98. The number of aromatic nitrogens is 3. The van der Waals surface area contributed by atoms with E-state index < -0.39 is 0 Å². The first-order chi connectivity index (χ1) is 11.1. The van der Waals surface area contributed by atoms with Crippen LogP contribution in [0, 0.1) is 5.92 Å². The van der Waals surface area contributed by atoms with Crippen LogP contribution in [0.3, 0.4) is 0 Å². The Morgan fingerprint density at radius 1 is 1.30 bits per heavy atom. The third-order valence-corrected chi connectivity index (χ3v) is 3.98. The summed E-state index contributed by atoms with van der Waals surface area (Å²) in [5.74, 6) is 0.501. The Morgan fingerprint density at radius 3 is 2.83 bits per heavy atom. The van der Waals surface area contributed by atoms with E-state index in [1.165, 1.54) is 10.6 Å². The van der Waals surface area contributed by atoms with E-state index >= 15 is 0 Å². The standard InChI is InChI=1S/C16H19N5O2/c1-20-11-13(5-6-14(20)22)19-15(23)12-4-2-9-21(10-12)16-17-7-3-8-18-16/h3,5-8,11-12H,2,4,9-10H2,1H3,(H,19,23). The predicted octanol–water partition coefficient (Wildman–Crippen LogP) is 1.03. The first-order valence-electron chi connectivity index (χ1n) is 7.63. The van der Waals surface area contributed by atoms with Gasteiger partial charge in [0.1, 0.15) is 0 Å². The molecule has 1 amide bonds. The van der Waals surface area contributed by atoms with E-state index in [1.54, 1.807) is 37.8 Å². The second-order valence-corrected chi connectivity index (χ2v) is 5.69. The predicted molar refractivity (Wildman–Crippen MR) is 87.3 cm³/mol. The van der Waals surface area contributed by atoms with E-state index in [9.17, 15) is 9.59 Å². The summed E-state index contributed by atoms with van der Waals surface area (Å²) < 4.78 is 1.45. The number of aryl methyl sites for hydroxylation is 1. The smallest absolute Gasteiger partial charge is 0.250 e. The lowest BCUT2D eigenvalue weighted by atomic mass is 9.97. The maximum absolute atomic E-state index is 12.5. The van der Waals surface area contributed by atoms with Crippen molar-refractivity contribution in [3.05, 3.63) is 47.1 Å². The van der Waals surface area contributed by atoms with E-state index in [0.717, 1.165) is 19.4 Å². The number of hydrogen-bond donors (Lipinski definition) is 1. The van der Waals surface area contributed by atoms with Crippen molar-refractivity contribution in [2.75, 3.05) is 23.3 Å². The Hall–Kier alpha value is -2.70. The molecule has 23 heavy (non-hydrogen) atoms. The van der Waals surface area contributed by atoms with Gasteiger partial charge < -0.3 is 14.8 Å². The molecular weight excluding hydrogens is 294 g/mol. The highest BCUT2D eigenvalue weighted by atomic mass is 16.2. The molecule has 1 aliphatic heterocycles. The molecule has 2 aromatic rings. The minimum absolute atomic E-state index is 0.0377. The zero-order valence-corrected chi connectivity index (χ0v) is 13.0. The second-order valence-electron chi connectivity index (χ2n) is 5.69. The molecule has 0 bridgehead atoms. The lowest BCUT2D eigenvalue weighted by Crippen LogP contribution is -2.41. The van der Waals surface area contributed by atoms with Crippen molar-refractivity contribution >= 4 is 17.5 Å². The number of nitrogens with zero attached hydrogens (tertiary/aromatic N) is 4. The normalized spacial score (nSPS) is 17.8. The SMILES string of the molecule is Cn1cc(NC(=O)C2CCCN(c3ncccn3)C2)ccc1=O. The van der Waals surface area contributed by atoms with Gasteiger partial charge in [0, 0.05) is 44.8 Å². The van der Waals surface area contributed by atoms with Gasteiger partial charge in [0.2, 0.25) is 17.4 Å². The average molecular weight is 313 g/mol. The minimum atomic E-state index is -0.121. The van der Waals surface area contributed by atoms with Gasteiger partial charge in [0.25, 0.3) is 0 Å². The summed E-state index contributed by atoms with van der Waals surface area (Å²) in [6.07, 6.45) is 6.79. The highest BCUT2D eigenvalue weighted by Gasteiger charge is 2.27. The van der Waals surface area contributed by atoms with Crippen molar-refractivity contribution in [1.82, 2.24) is 14.5 Å². The fraction of sp³-hybridized carbons (Fsp3) is 0.375. The van der Waals surface area contributed by atoms with Crippen LogP contribution in [0.2, 0.25) is 0 Å². The Bertz CT molecular complexity index is 744. The number of hydrogen-bond acceptors (Lipinski definition) is 5. The largest absolute Gasteiger partial charge is 0.340 e. The molecule has 0 spiro atoms. The monoisotopic (exact) mass is 313 g/mol. The zero-order chi connectivity index (χ0) is 16.2. The van der Waals surface area contributed by atoms with Crippen LogP contribution in [-0.4, -0.2) is 33.5 Å². The molecule has 1 N–H and O–H groups in total. The fourth-order valence-corrected chi connectivity index (χ4v) is 2.74. The Balaban J connectivity index is 1.67. The van der Waals surface area contributed by atoms with Gasteiger partial charge in [0.05, 0.1) is 11.6 Å². The number of amides is 1. The third kappa shape index (κ3) is 3.56. The summed E-state index contributed by atoms with van der Waals surface area (Å²) in [4.78, 5) is 34.4. The Labute approximate surface area is 134 Å². The quantitative estimate of drug-likeness (QED) is 0.915. The van der Waals surface area contributed by atoms with E-state index in [-0.39, 0.29) is 17.4 Å². The molecule has 7 heteroatoms. The molecule has 1 unspecified atom stereocenters. The van der Waals surface area contributed by atoms with E-state index in [0.29, 0.717) is 18.2 Å². The molecule has 0 saturated carbocycles. The van der Waals surface area contributed by atoms with Crippen LogP contribution in [0.15, 0.2) is 41.6 Å². The molecule has 120 valence electrons. The molecule has 2 aromatic heterocycles. The average Bonchev–Trinajstić information content (AvgIpc) is 2.59. The van der Waals surface area contributed by atoms with Crippen molar-refractivity contribution in [3.63, 3.8) is 0 Å². The van der Waals surface area contributed by atoms with Gasteiger partial charge >= 0.3 is 0 Å². The van der Waals surface area contributed by atoms with Crippen LogP contribution < -0.4 is 15.8 Å². The number of carbonyl (C=O) groups excluding carboxylic acids is 1.